The van der Waals surface area contributed by atoms with Gasteiger partial charge >= 0.3 is 11.9 Å². The molecule has 0 bridgehead atoms. The molecular formula is C15H27BrO4. The quantitative estimate of drug-likeness (QED) is 0.303. The molecule has 0 rings (SSSR count). The molecule has 0 N–H and O–H groups in total. The molecule has 0 aromatic heterocycles. The van der Waals surface area contributed by atoms with E-state index in [0.717, 1.165) is 38.5 Å². The van der Waals surface area contributed by atoms with E-state index in [-0.39, 0.29) is 24.6 Å². The van der Waals surface area contributed by atoms with E-state index < -0.39 is 0 Å². The van der Waals surface area contributed by atoms with Gasteiger partial charge < -0.3 is 9.47 Å². The Morgan fingerprint density at radius 1 is 0.950 bits per heavy atom. The van der Waals surface area contributed by atoms with Crippen LogP contribution in [-0.4, -0.2) is 30.0 Å². The molecule has 0 unspecified atom stereocenters. The first-order chi connectivity index (χ1) is 9.63. The van der Waals surface area contributed by atoms with Crippen molar-refractivity contribution in [1.29, 1.82) is 0 Å². The molecule has 0 aliphatic rings. The summed E-state index contributed by atoms with van der Waals surface area (Å²) in [6, 6.07) is 0. The van der Waals surface area contributed by atoms with Crippen LogP contribution < -0.4 is 0 Å². The monoisotopic (exact) mass is 350 g/mol. The molecule has 0 saturated carbocycles. The Hall–Kier alpha value is -0.580. The Kier molecular flexibility index (Phi) is 13.0. The van der Waals surface area contributed by atoms with Crippen molar-refractivity contribution >= 4 is 27.9 Å². The molecule has 0 aliphatic carbocycles. The molecule has 0 saturated heterocycles. The second-order valence-corrected chi connectivity index (χ2v) is 5.51. The van der Waals surface area contributed by atoms with Crippen LogP contribution in [0.1, 0.15) is 65.2 Å². The maximum Gasteiger partial charge on any atom is 0.306 e. The molecule has 118 valence electrons. The molecule has 4 nitrogen and oxygen atoms in total. The van der Waals surface area contributed by atoms with Crippen molar-refractivity contribution in [2.24, 2.45) is 0 Å². The van der Waals surface area contributed by atoms with Gasteiger partial charge in [0.2, 0.25) is 0 Å². The van der Waals surface area contributed by atoms with Crippen LogP contribution in [-0.2, 0) is 19.1 Å². The van der Waals surface area contributed by atoms with Crippen molar-refractivity contribution in [2.75, 3.05) is 11.9 Å². The summed E-state index contributed by atoms with van der Waals surface area (Å²) >= 11 is 3.27. The predicted octanol–water partition coefficient (Wildman–Crippen LogP) is 4.00. The van der Waals surface area contributed by atoms with Gasteiger partial charge in [-0.3, -0.25) is 9.59 Å². The van der Waals surface area contributed by atoms with Gasteiger partial charge in [0.25, 0.3) is 0 Å². The highest BCUT2D eigenvalue weighted by atomic mass is 79.9. The molecule has 0 fully saturated rings. The third kappa shape index (κ3) is 11.3. The topological polar surface area (TPSA) is 52.6 Å². The summed E-state index contributed by atoms with van der Waals surface area (Å²) in [5, 5.41) is 0.481. The Balaban J connectivity index is 3.79. The lowest BCUT2D eigenvalue weighted by atomic mass is 10.2. The number of unbranched alkanes of at least 4 members (excludes halogenated alkanes) is 4. The van der Waals surface area contributed by atoms with Crippen molar-refractivity contribution in [3.63, 3.8) is 0 Å². The highest BCUT2D eigenvalue weighted by molar-refractivity contribution is 9.09. The molecular weight excluding hydrogens is 324 g/mol. The molecule has 0 aromatic rings. The third-order valence-corrected chi connectivity index (χ3v) is 3.59. The molecule has 1 atom stereocenters. The fourth-order valence-electron chi connectivity index (χ4n) is 1.65. The Labute approximate surface area is 130 Å². The number of carbonyl (C=O) groups is 2. The van der Waals surface area contributed by atoms with Crippen LogP contribution in [0, 0.1) is 0 Å². The first-order valence-corrected chi connectivity index (χ1v) is 8.67. The summed E-state index contributed by atoms with van der Waals surface area (Å²) < 4.78 is 10.4. The molecule has 0 aliphatic heterocycles. The number of carbonyl (C=O) groups excluding carboxylic acids is 2. The van der Waals surface area contributed by atoms with Crippen LogP contribution >= 0.6 is 15.9 Å². The lowest BCUT2D eigenvalue weighted by molar-refractivity contribution is -0.157. The van der Waals surface area contributed by atoms with Crippen LogP contribution in [0.5, 0.6) is 0 Å². The van der Waals surface area contributed by atoms with Crippen LogP contribution in [0.4, 0.5) is 0 Å². The zero-order valence-corrected chi connectivity index (χ0v) is 14.2. The van der Waals surface area contributed by atoms with Crippen molar-refractivity contribution in [2.45, 2.75) is 71.3 Å². The summed E-state index contributed by atoms with van der Waals surface area (Å²) in [6.45, 7) is 4.31. The maximum atomic E-state index is 11.6. The van der Waals surface area contributed by atoms with E-state index in [4.69, 9.17) is 9.47 Å². The van der Waals surface area contributed by atoms with Crippen molar-refractivity contribution in [3.05, 3.63) is 0 Å². The molecule has 0 aromatic carbocycles. The van der Waals surface area contributed by atoms with E-state index in [9.17, 15) is 9.59 Å². The van der Waals surface area contributed by atoms with E-state index in [2.05, 4.69) is 29.8 Å². The molecule has 0 amide bonds. The SMILES string of the molecule is CCCCCC(=O)OC[C@H](CBr)OC(=O)CCCCC. The van der Waals surface area contributed by atoms with Gasteiger partial charge in [-0.1, -0.05) is 55.5 Å². The standard InChI is InChI=1S/C15H27BrO4/c1-3-5-7-9-14(17)19-12-13(11-16)20-15(18)10-8-6-4-2/h13H,3-12H2,1-2H3/t13-/m0/s1. The average molecular weight is 351 g/mol. The largest absolute Gasteiger partial charge is 0.462 e. The van der Waals surface area contributed by atoms with E-state index in [1.54, 1.807) is 0 Å². The number of esters is 2. The first kappa shape index (κ1) is 19.4. The lowest BCUT2D eigenvalue weighted by Crippen LogP contribution is -2.26. The van der Waals surface area contributed by atoms with Crippen LogP contribution in [0.25, 0.3) is 0 Å². The predicted molar refractivity (Wildman–Crippen MR) is 82.9 cm³/mol. The highest BCUT2D eigenvalue weighted by Crippen LogP contribution is 2.07. The Bertz CT molecular complexity index is 269. The number of hydrogen-bond acceptors (Lipinski definition) is 4. The van der Waals surface area contributed by atoms with Crippen LogP contribution in [0.3, 0.4) is 0 Å². The van der Waals surface area contributed by atoms with Gasteiger partial charge in [0, 0.05) is 18.2 Å². The van der Waals surface area contributed by atoms with Gasteiger partial charge in [-0.15, -0.1) is 0 Å². The van der Waals surface area contributed by atoms with Crippen LogP contribution in [0.15, 0.2) is 0 Å². The Morgan fingerprint density at radius 2 is 1.50 bits per heavy atom. The highest BCUT2D eigenvalue weighted by Gasteiger charge is 2.15. The molecule has 5 heteroatoms. The number of hydrogen-bond donors (Lipinski definition) is 0. The second-order valence-electron chi connectivity index (χ2n) is 4.86. The Morgan fingerprint density at radius 3 is 2.00 bits per heavy atom. The normalized spacial score (nSPS) is 11.9. The minimum absolute atomic E-state index is 0.135. The summed E-state index contributed by atoms with van der Waals surface area (Å²) in [4.78, 5) is 23.0. The minimum atomic E-state index is -0.390. The van der Waals surface area contributed by atoms with E-state index in [1.165, 1.54) is 0 Å². The molecule has 20 heavy (non-hydrogen) atoms. The van der Waals surface area contributed by atoms with Crippen molar-refractivity contribution in [3.8, 4) is 0 Å². The van der Waals surface area contributed by atoms with E-state index in [0.29, 0.717) is 18.2 Å². The maximum absolute atomic E-state index is 11.6. The summed E-state index contributed by atoms with van der Waals surface area (Å²) in [5.74, 6) is -0.434. The number of rotatable bonds is 12. The number of ether oxygens (including phenoxy) is 2. The lowest BCUT2D eigenvalue weighted by Gasteiger charge is -2.15. The fraction of sp³-hybridized carbons (Fsp3) is 0.867. The summed E-state index contributed by atoms with van der Waals surface area (Å²) in [6.07, 6.45) is 6.39. The average Bonchev–Trinajstić information content (AvgIpc) is 2.44. The van der Waals surface area contributed by atoms with Gasteiger partial charge in [0.05, 0.1) is 0 Å². The molecule has 0 radical (unpaired) electrons. The van der Waals surface area contributed by atoms with E-state index in [1.807, 2.05) is 0 Å². The fourth-order valence-corrected chi connectivity index (χ4v) is 1.97. The van der Waals surface area contributed by atoms with Crippen molar-refractivity contribution in [1.82, 2.24) is 0 Å². The second kappa shape index (κ2) is 13.4. The van der Waals surface area contributed by atoms with E-state index >= 15 is 0 Å². The van der Waals surface area contributed by atoms with Crippen LogP contribution in [0.2, 0.25) is 0 Å². The summed E-state index contributed by atoms with van der Waals surface area (Å²) in [7, 11) is 0. The number of alkyl halides is 1. The van der Waals surface area contributed by atoms with Gasteiger partial charge in [-0.2, -0.15) is 0 Å². The van der Waals surface area contributed by atoms with Gasteiger partial charge in [-0.05, 0) is 12.8 Å². The molecule has 0 spiro atoms. The zero-order valence-electron chi connectivity index (χ0n) is 12.7. The summed E-state index contributed by atoms with van der Waals surface area (Å²) in [5.41, 5.74) is 0. The number of halogens is 1. The smallest absolute Gasteiger partial charge is 0.306 e. The van der Waals surface area contributed by atoms with Crippen molar-refractivity contribution < 1.29 is 19.1 Å². The molecule has 0 heterocycles. The van der Waals surface area contributed by atoms with Gasteiger partial charge in [0.15, 0.2) is 0 Å². The minimum Gasteiger partial charge on any atom is -0.462 e. The zero-order chi connectivity index (χ0) is 15.2. The first-order valence-electron chi connectivity index (χ1n) is 7.55. The van der Waals surface area contributed by atoms with Gasteiger partial charge in [0.1, 0.15) is 12.7 Å². The third-order valence-electron chi connectivity index (χ3n) is 2.87. The van der Waals surface area contributed by atoms with Gasteiger partial charge in [-0.25, -0.2) is 0 Å².